The molecule has 0 aliphatic heterocycles. The molecule has 1 aromatic carbocycles. The second-order valence-corrected chi connectivity index (χ2v) is 2.01. The van der Waals surface area contributed by atoms with Crippen LogP contribution >= 0.6 is 0 Å². The highest BCUT2D eigenvalue weighted by Gasteiger charge is 1.99. The standard InChI is InChI=1S/C7H7NO2.CO2/c8-6-3-1-2-5(4-6)7(9)10;2-1-3/h1-4H,8H2,(H,9,10);. The van der Waals surface area contributed by atoms with Crippen molar-refractivity contribution in [2.45, 2.75) is 0 Å². The first-order valence-electron chi connectivity index (χ1n) is 3.20. The number of hydrogen-bond donors (Lipinski definition) is 2. The van der Waals surface area contributed by atoms with E-state index in [1.807, 2.05) is 0 Å². The third-order valence-electron chi connectivity index (χ3n) is 1.13. The minimum absolute atomic E-state index is 0.222. The lowest BCUT2D eigenvalue weighted by Gasteiger charge is -1.93. The van der Waals surface area contributed by atoms with Crippen LogP contribution in [0.2, 0.25) is 0 Å². The lowest BCUT2D eigenvalue weighted by atomic mass is 10.2. The van der Waals surface area contributed by atoms with E-state index in [1.165, 1.54) is 12.1 Å². The van der Waals surface area contributed by atoms with Crippen molar-refractivity contribution in [3.05, 3.63) is 29.8 Å². The van der Waals surface area contributed by atoms with E-state index in [2.05, 4.69) is 0 Å². The molecule has 0 atom stereocenters. The second-order valence-electron chi connectivity index (χ2n) is 2.01. The summed E-state index contributed by atoms with van der Waals surface area (Å²) in [5.74, 6) is -0.952. The SMILES string of the molecule is Nc1cccc(C(=O)O)c1.O=C=O. The van der Waals surface area contributed by atoms with Crippen LogP contribution in [0.4, 0.5) is 5.69 Å². The summed E-state index contributed by atoms with van der Waals surface area (Å²) in [5, 5.41) is 8.45. The number of rotatable bonds is 1. The Balaban J connectivity index is 0.000000424. The van der Waals surface area contributed by atoms with E-state index in [0.717, 1.165) is 0 Å². The Morgan fingerprint density at radius 1 is 1.38 bits per heavy atom. The monoisotopic (exact) mass is 181 g/mol. The first-order valence-corrected chi connectivity index (χ1v) is 3.20. The van der Waals surface area contributed by atoms with E-state index in [1.54, 1.807) is 12.1 Å². The van der Waals surface area contributed by atoms with Crippen molar-refractivity contribution >= 4 is 17.8 Å². The van der Waals surface area contributed by atoms with Crippen LogP contribution in [0.15, 0.2) is 24.3 Å². The Hall–Kier alpha value is -2.13. The van der Waals surface area contributed by atoms with Crippen LogP contribution in [-0.2, 0) is 9.59 Å². The summed E-state index contributed by atoms with van der Waals surface area (Å²) >= 11 is 0. The van der Waals surface area contributed by atoms with Crippen molar-refractivity contribution in [3.8, 4) is 0 Å². The number of aromatic carboxylic acids is 1. The van der Waals surface area contributed by atoms with Gasteiger partial charge in [-0.05, 0) is 18.2 Å². The van der Waals surface area contributed by atoms with Crippen LogP contribution < -0.4 is 5.73 Å². The van der Waals surface area contributed by atoms with E-state index < -0.39 is 5.97 Å². The number of nitrogens with two attached hydrogens (primary N) is 1. The first kappa shape index (κ1) is 10.9. The van der Waals surface area contributed by atoms with Crippen LogP contribution in [0, 0.1) is 0 Å². The number of hydrogen-bond acceptors (Lipinski definition) is 4. The van der Waals surface area contributed by atoms with Gasteiger partial charge < -0.3 is 10.8 Å². The fraction of sp³-hybridized carbons (Fsp3) is 0. The average Bonchev–Trinajstić information content (AvgIpc) is 2.05. The minimum Gasteiger partial charge on any atom is -0.478 e. The normalized spacial score (nSPS) is 7.69. The van der Waals surface area contributed by atoms with Gasteiger partial charge in [0.1, 0.15) is 0 Å². The quantitative estimate of drug-likeness (QED) is 0.610. The Kier molecular flexibility index (Phi) is 4.61. The zero-order valence-electron chi connectivity index (χ0n) is 6.56. The summed E-state index contributed by atoms with van der Waals surface area (Å²) in [7, 11) is 0. The molecule has 5 nitrogen and oxygen atoms in total. The molecular formula is C8H7NO4. The third kappa shape index (κ3) is 4.34. The molecular weight excluding hydrogens is 174 g/mol. The van der Waals surface area contributed by atoms with Crippen molar-refractivity contribution in [1.29, 1.82) is 0 Å². The van der Waals surface area contributed by atoms with Gasteiger partial charge in [0, 0.05) is 5.69 Å². The van der Waals surface area contributed by atoms with Crippen LogP contribution in [0.5, 0.6) is 0 Å². The van der Waals surface area contributed by atoms with Gasteiger partial charge in [0.25, 0.3) is 0 Å². The number of carboxylic acids is 1. The summed E-state index contributed by atoms with van der Waals surface area (Å²) in [5.41, 5.74) is 6.03. The minimum atomic E-state index is -0.952. The molecule has 0 amide bonds. The van der Waals surface area contributed by atoms with Crippen molar-refractivity contribution < 1.29 is 19.5 Å². The molecule has 0 spiro atoms. The number of carboxylic acid groups (broad SMARTS) is 1. The molecule has 1 rings (SSSR count). The van der Waals surface area contributed by atoms with E-state index >= 15 is 0 Å². The van der Waals surface area contributed by atoms with Crippen molar-refractivity contribution in [2.75, 3.05) is 5.73 Å². The fourth-order valence-corrected chi connectivity index (χ4v) is 0.672. The summed E-state index contributed by atoms with van der Waals surface area (Å²) < 4.78 is 0. The Morgan fingerprint density at radius 2 is 1.92 bits per heavy atom. The summed E-state index contributed by atoms with van der Waals surface area (Å²) in [6, 6.07) is 6.17. The lowest BCUT2D eigenvalue weighted by molar-refractivity contribution is -0.191. The molecule has 0 fully saturated rings. The maximum absolute atomic E-state index is 10.3. The van der Waals surface area contributed by atoms with Crippen LogP contribution in [0.25, 0.3) is 0 Å². The molecule has 13 heavy (non-hydrogen) atoms. The van der Waals surface area contributed by atoms with Crippen LogP contribution in [-0.4, -0.2) is 17.2 Å². The first-order chi connectivity index (χ1) is 6.11. The molecule has 0 bridgehead atoms. The zero-order chi connectivity index (χ0) is 10.3. The van der Waals surface area contributed by atoms with E-state index in [9.17, 15) is 4.79 Å². The number of nitrogen functional groups attached to an aromatic ring is 1. The Morgan fingerprint density at radius 3 is 2.23 bits per heavy atom. The van der Waals surface area contributed by atoms with E-state index in [0.29, 0.717) is 5.69 Å². The largest absolute Gasteiger partial charge is 0.478 e. The smallest absolute Gasteiger partial charge is 0.373 e. The van der Waals surface area contributed by atoms with E-state index in [4.69, 9.17) is 20.4 Å². The predicted octanol–water partition coefficient (Wildman–Crippen LogP) is 0.383. The molecule has 0 aliphatic carbocycles. The van der Waals surface area contributed by atoms with Gasteiger partial charge in [-0.2, -0.15) is 9.59 Å². The fourth-order valence-electron chi connectivity index (χ4n) is 0.672. The summed E-state index contributed by atoms with van der Waals surface area (Å²) in [4.78, 5) is 26.5. The molecule has 1 aromatic rings. The highest BCUT2D eigenvalue weighted by molar-refractivity contribution is 5.88. The number of anilines is 1. The topological polar surface area (TPSA) is 97.5 Å². The number of carbonyl (C=O) groups is 1. The van der Waals surface area contributed by atoms with Gasteiger partial charge in [0.15, 0.2) is 0 Å². The molecule has 68 valence electrons. The van der Waals surface area contributed by atoms with Crippen molar-refractivity contribution in [2.24, 2.45) is 0 Å². The molecule has 0 saturated heterocycles. The Labute approximate surface area is 73.8 Å². The molecule has 3 N–H and O–H groups in total. The maximum atomic E-state index is 10.3. The molecule has 0 unspecified atom stereocenters. The van der Waals surface area contributed by atoms with Crippen molar-refractivity contribution in [1.82, 2.24) is 0 Å². The van der Waals surface area contributed by atoms with Gasteiger partial charge in [-0.25, -0.2) is 4.79 Å². The molecule has 0 aromatic heterocycles. The second kappa shape index (κ2) is 5.51. The maximum Gasteiger partial charge on any atom is 0.373 e. The lowest BCUT2D eigenvalue weighted by Crippen LogP contribution is -1.96. The molecule has 0 radical (unpaired) electrons. The molecule has 0 heterocycles. The van der Waals surface area contributed by atoms with Crippen LogP contribution in [0.1, 0.15) is 10.4 Å². The summed E-state index contributed by atoms with van der Waals surface area (Å²) in [6.45, 7) is 0. The van der Waals surface area contributed by atoms with Gasteiger partial charge >= 0.3 is 12.1 Å². The number of benzene rings is 1. The molecule has 5 heteroatoms. The Bertz CT molecular complexity index is 329. The van der Waals surface area contributed by atoms with Gasteiger partial charge in [-0.15, -0.1) is 0 Å². The highest BCUT2D eigenvalue weighted by atomic mass is 16.4. The summed E-state index contributed by atoms with van der Waals surface area (Å²) in [6.07, 6.45) is 0.250. The van der Waals surface area contributed by atoms with Gasteiger partial charge in [0.05, 0.1) is 5.56 Å². The predicted molar refractivity (Wildman–Crippen MR) is 42.8 cm³/mol. The molecule has 0 aliphatic rings. The van der Waals surface area contributed by atoms with Gasteiger partial charge in [-0.1, -0.05) is 6.07 Å². The molecule has 0 saturated carbocycles. The van der Waals surface area contributed by atoms with Gasteiger partial charge in [0.2, 0.25) is 0 Å². The number of carbonyl (C=O) groups excluding carboxylic acids is 2. The highest BCUT2D eigenvalue weighted by Crippen LogP contribution is 2.05. The van der Waals surface area contributed by atoms with Gasteiger partial charge in [-0.3, -0.25) is 0 Å². The average molecular weight is 181 g/mol. The van der Waals surface area contributed by atoms with Crippen molar-refractivity contribution in [3.63, 3.8) is 0 Å². The zero-order valence-corrected chi connectivity index (χ0v) is 6.56. The third-order valence-corrected chi connectivity index (χ3v) is 1.13. The van der Waals surface area contributed by atoms with Crippen LogP contribution in [0.3, 0.4) is 0 Å². The van der Waals surface area contributed by atoms with E-state index in [-0.39, 0.29) is 11.7 Å².